The topological polar surface area (TPSA) is 114 Å². The standard InChI is InChI=1S/C23H16F3N5O4/c24-12-6-14(26)15(7-13(12)25)29-23(33)30-19-18-10-5-9(1-2-16(10)35-20(18)19)34-17-3-4-27-21-11(17)8-28-22(32)31-21/h1-7,18-20H,8H2,(H2,29,30,33)(H2,27,28,31,32)/t18-,19?,20-/m0/s1. The summed E-state index contributed by atoms with van der Waals surface area (Å²) in [6, 6.07) is 6.43. The number of nitrogens with one attached hydrogen (secondary N) is 4. The van der Waals surface area contributed by atoms with E-state index in [1.165, 1.54) is 6.20 Å². The lowest BCUT2D eigenvalue weighted by Gasteiger charge is -2.20. The van der Waals surface area contributed by atoms with E-state index in [9.17, 15) is 22.8 Å². The number of carbonyl (C=O) groups is 2. The van der Waals surface area contributed by atoms with Gasteiger partial charge in [0, 0.05) is 23.9 Å². The van der Waals surface area contributed by atoms with Crippen LogP contribution >= 0.6 is 0 Å². The van der Waals surface area contributed by atoms with Crippen LogP contribution in [0.25, 0.3) is 0 Å². The van der Waals surface area contributed by atoms with Gasteiger partial charge in [-0.15, -0.1) is 0 Å². The third-order valence-corrected chi connectivity index (χ3v) is 6.01. The van der Waals surface area contributed by atoms with Crippen molar-refractivity contribution in [2.45, 2.75) is 24.6 Å². The Kier molecular flexibility index (Phi) is 4.69. The molecule has 3 aliphatic rings. The molecule has 1 saturated carbocycles. The molecular formula is C23H16F3N5O4. The maximum atomic E-state index is 13.8. The highest BCUT2D eigenvalue weighted by Gasteiger charge is 2.59. The molecule has 1 aromatic heterocycles. The van der Waals surface area contributed by atoms with Gasteiger partial charge in [0.15, 0.2) is 11.6 Å². The van der Waals surface area contributed by atoms with Gasteiger partial charge in [-0.2, -0.15) is 0 Å². The minimum Gasteiger partial charge on any atom is -0.487 e. The summed E-state index contributed by atoms with van der Waals surface area (Å²) < 4.78 is 52.2. The van der Waals surface area contributed by atoms with Crippen molar-refractivity contribution in [3.05, 3.63) is 71.2 Å². The van der Waals surface area contributed by atoms with E-state index in [4.69, 9.17) is 9.47 Å². The number of benzene rings is 2. The molecule has 3 atom stereocenters. The van der Waals surface area contributed by atoms with Crippen LogP contribution in [-0.2, 0) is 6.54 Å². The zero-order valence-corrected chi connectivity index (χ0v) is 17.7. The Hall–Kier alpha value is -4.48. The van der Waals surface area contributed by atoms with E-state index < -0.39 is 29.2 Å². The van der Waals surface area contributed by atoms with E-state index in [-0.39, 0.29) is 30.6 Å². The summed E-state index contributed by atoms with van der Waals surface area (Å²) in [7, 11) is 0. The SMILES string of the molecule is O=C1NCc2c(Oc3ccc4c(c3)[C@H]3C(NC(=O)Nc5cc(F)c(F)cc5F)[C@H]3O4)ccnc2N1. The van der Waals surface area contributed by atoms with Crippen LogP contribution in [0.15, 0.2) is 42.6 Å². The maximum Gasteiger partial charge on any atom is 0.320 e. The summed E-state index contributed by atoms with van der Waals surface area (Å²) in [6.45, 7) is 0.267. The van der Waals surface area contributed by atoms with Gasteiger partial charge in [0.05, 0.1) is 29.8 Å². The van der Waals surface area contributed by atoms with Crippen LogP contribution in [0, 0.1) is 17.5 Å². The number of aromatic nitrogens is 1. The number of urea groups is 2. The number of rotatable bonds is 4. The monoisotopic (exact) mass is 483 g/mol. The predicted molar refractivity (Wildman–Crippen MR) is 116 cm³/mol. The van der Waals surface area contributed by atoms with Crippen LogP contribution in [0.3, 0.4) is 0 Å². The van der Waals surface area contributed by atoms with Crippen molar-refractivity contribution in [3.8, 4) is 17.2 Å². The first kappa shape index (κ1) is 21.1. The first-order valence-electron chi connectivity index (χ1n) is 10.6. The second-order valence-electron chi connectivity index (χ2n) is 8.22. The Bertz CT molecular complexity index is 1400. The lowest BCUT2D eigenvalue weighted by atomic mass is 10.1. The van der Waals surface area contributed by atoms with Crippen LogP contribution in [-0.4, -0.2) is 29.2 Å². The molecule has 3 heterocycles. The Labute approximate surface area is 195 Å². The van der Waals surface area contributed by atoms with E-state index in [2.05, 4.69) is 26.3 Å². The molecule has 9 nitrogen and oxygen atoms in total. The highest BCUT2D eigenvalue weighted by molar-refractivity contribution is 5.91. The molecule has 1 fully saturated rings. The molecule has 12 heteroatoms. The van der Waals surface area contributed by atoms with Gasteiger partial charge in [-0.3, -0.25) is 5.32 Å². The second kappa shape index (κ2) is 7.79. The Balaban J connectivity index is 1.15. The summed E-state index contributed by atoms with van der Waals surface area (Å²) in [6.07, 6.45) is 1.22. The molecule has 0 bridgehead atoms. The zero-order valence-electron chi connectivity index (χ0n) is 17.7. The van der Waals surface area contributed by atoms with E-state index >= 15 is 0 Å². The molecule has 2 aliphatic heterocycles. The first-order chi connectivity index (χ1) is 16.9. The molecule has 1 unspecified atom stereocenters. The fourth-order valence-corrected chi connectivity index (χ4v) is 4.30. The summed E-state index contributed by atoms with van der Waals surface area (Å²) in [5, 5.41) is 10.1. The average Bonchev–Trinajstić information content (AvgIpc) is 3.33. The average molecular weight is 483 g/mol. The molecule has 0 saturated heterocycles. The highest BCUT2D eigenvalue weighted by Crippen LogP contribution is 2.54. The molecule has 178 valence electrons. The summed E-state index contributed by atoms with van der Waals surface area (Å²) in [5.74, 6) is -1.74. The number of amides is 4. The molecule has 1 aliphatic carbocycles. The minimum absolute atomic E-state index is 0.151. The summed E-state index contributed by atoms with van der Waals surface area (Å²) in [5.41, 5.74) is 1.05. The molecule has 3 aromatic rings. The fourth-order valence-electron chi connectivity index (χ4n) is 4.30. The molecule has 4 amide bonds. The molecule has 0 radical (unpaired) electrons. The molecular weight excluding hydrogens is 467 g/mol. The van der Waals surface area contributed by atoms with Gasteiger partial charge in [-0.25, -0.2) is 27.7 Å². The minimum atomic E-state index is -1.35. The van der Waals surface area contributed by atoms with Crippen molar-refractivity contribution in [2.24, 2.45) is 0 Å². The van der Waals surface area contributed by atoms with Crippen LogP contribution in [0.5, 0.6) is 17.2 Å². The Morgan fingerprint density at radius 3 is 2.80 bits per heavy atom. The van der Waals surface area contributed by atoms with Gasteiger partial charge in [-0.1, -0.05) is 0 Å². The quantitative estimate of drug-likeness (QED) is 0.420. The van der Waals surface area contributed by atoms with E-state index in [1.807, 2.05) is 0 Å². The van der Waals surface area contributed by atoms with Crippen LogP contribution in [0.4, 0.5) is 34.3 Å². The van der Waals surface area contributed by atoms with Crippen LogP contribution < -0.4 is 30.7 Å². The van der Waals surface area contributed by atoms with Gasteiger partial charge < -0.3 is 25.4 Å². The van der Waals surface area contributed by atoms with Gasteiger partial charge in [0.2, 0.25) is 0 Å². The molecule has 35 heavy (non-hydrogen) atoms. The number of ether oxygens (including phenoxy) is 2. The summed E-state index contributed by atoms with van der Waals surface area (Å²) >= 11 is 0. The third kappa shape index (κ3) is 3.72. The number of fused-ring (bicyclic) bond motifs is 4. The number of hydrogen-bond donors (Lipinski definition) is 4. The largest absolute Gasteiger partial charge is 0.487 e. The molecule has 4 N–H and O–H groups in total. The number of pyridine rings is 1. The van der Waals surface area contributed by atoms with Crippen molar-refractivity contribution >= 4 is 23.6 Å². The van der Waals surface area contributed by atoms with E-state index in [0.29, 0.717) is 40.8 Å². The van der Waals surface area contributed by atoms with E-state index in [1.54, 1.807) is 24.3 Å². The number of nitrogens with zero attached hydrogens (tertiary/aromatic N) is 1. The van der Waals surface area contributed by atoms with Crippen molar-refractivity contribution in [1.82, 2.24) is 15.6 Å². The lowest BCUT2D eigenvalue weighted by Crippen LogP contribution is -2.34. The van der Waals surface area contributed by atoms with Gasteiger partial charge in [0.1, 0.15) is 35.0 Å². The molecule has 6 rings (SSSR count). The first-order valence-corrected chi connectivity index (χ1v) is 10.6. The summed E-state index contributed by atoms with van der Waals surface area (Å²) in [4.78, 5) is 28.0. The van der Waals surface area contributed by atoms with Crippen molar-refractivity contribution in [3.63, 3.8) is 0 Å². The Morgan fingerprint density at radius 2 is 1.94 bits per heavy atom. The molecule has 2 aromatic carbocycles. The predicted octanol–water partition coefficient (Wildman–Crippen LogP) is 3.97. The van der Waals surface area contributed by atoms with Gasteiger partial charge in [0.25, 0.3) is 0 Å². The normalized spacial score (nSPS) is 20.9. The number of halogens is 3. The smallest absolute Gasteiger partial charge is 0.320 e. The number of hydrogen-bond acceptors (Lipinski definition) is 5. The maximum absolute atomic E-state index is 13.8. The third-order valence-electron chi connectivity index (χ3n) is 6.01. The van der Waals surface area contributed by atoms with Crippen LogP contribution in [0.2, 0.25) is 0 Å². The van der Waals surface area contributed by atoms with Crippen molar-refractivity contribution in [2.75, 3.05) is 10.6 Å². The highest BCUT2D eigenvalue weighted by atomic mass is 19.2. The number of anilines is 2. The lowest BCUT2D eigenvalue weighted by molar-refractivity contribution is 0.246. The zero-order chi connectivity index (χ0) is 24.3. The van der Waals surface area contributed by atoms with Crippen molar-refractivity contribution < 1.29 is 32.2 Å². The number of carbonyl (C=O) groups excluding carboxylic acids is 2. The Morgan fingerprint density at radius 1 is 1.11 bits per heavy atom. The second-order valence-corrected chi connectivity index (χ2v) is 8.22. The van der Waals surface area contributed by atoms with Gasteiger partial charge >= 0.3 is 12.1 Å². The molecule has 0 spiro atoms. The van der Waals surface area contributed by atoms with Gasteiger partial charge in [-0.05, 0) is 24.3 Å². The van der Waals surface area contributed by atoms with Crippen LogP contribution in [0.1, 0.15) is 17.0 Å². The van der Waals surface area contributed by atoms with Crippen molar-refractivity contribution in [1.29, 1.82) is 0 Å². The fraction of sp³-hybridized carbons (Fsp3) is 0.174. The van der Waals surface area contributed by atoms with E-state index in [0.717, 1.165) is 5.56 Å².